The molecule has 0 bridgehead atoms. The predicted molar refractivity (Wildman–Crippen MR) is 129 cm³/mol. The summed E-state index contributed by atoms with van der Waals surface area (Å²) < 4.78 is 0. The standard InChI is InChI=1S/C23H31N5O2S/c1-16-7-3-8-17(2)22(16)28(13-5-11-20(29)30)14-6-12-24-19-10-4-9-18(15-19)21-23(31)26-27-25-21/h3-4,7-10,15,21,24-25,27H,5-6,11-14H2,1-2H3,(H,26,31)(H,29,30). The molecule has 0 spiro atoms. The number of para-hydroxylation sites is 1. The summed E-state index contributed by atoms with van der Waals surface area (Å²) in [5, 5.41) is 12.5. The van der Waals surface area contributed by atoms with E-state index in [1.165, 1.54) is 16.8 Å². The van der Waals surface area contributed by atoms with E-state index in [1.54, 1.807) is 0 Å². The molecule has 1 saturated heterocycles. The fourth-order valence-electron chi connectivity index (χ4n) is 3.93. The van der Waals surface area contributed by atoms with E-state index in [2.05, 4.69) is 76.8 Å². The third-order valence-corrected chi connectivity index (χ3v) is 5.73. The molecule has 1 fully saturated rings. The number of hydrogen-bond acceptors (Lipinski definition) is 6. The molecule has 0 aliphatic carbocycles. The first kappa shape index (κ1) is 23.0. The van der Waals surface area contributed by atoms with Gasteiger partial charge >= 0.3 is 5.97 Å². The van der Waals surface area contributed by atoms with E-state index in [9.17, 15) is 4.79 Å². The van der Waals surface area contributed by atoms with Gasteiger partial charge in [0.15, 0.2) is 0 Å². The normalized spacial score (nSPS) is 15.5. The van der Waals surface area contributed by atoms with Crippen LogP contribution in [0.4, 0.5) is 11.4 Å². The van der Waals surface area contributed by atoms with Crippen LogP contribution in [0.15, 0.2) is 42.5 Å². The number of nitrogens with one attached hydrogen (secondary N) is 4. The lowest BCUT2D eigenvalue weighted by atomic mass is 10.1. The number of carboxylic acid groups (broad SMARTS) is 1. The third kappa shape index (κ3) is 6.40. The summed E-state index contributed by atoms with van der Waals surface area (Å²) in [7, 11) is 0. The van der Waals surface area contributed by atoms with E-state index in [-0.39, 0.29) is 12.5 Å². The van der Waals surface area contributed by atoms with Crippen LogP contribution in [0.1, 0.15) is 42.0 Å². The number of carboxylic acids is 1. The minimum absolute atomic E-state index is 0.0366. The summed E-state index contributed by atoms with van der Waals surface area (Å²) in [5.41, 5.74) is 14.7. The van der Waals surface area contributed by atoms with E-state index in [4.69, 9.17) is 17.3 Å². The van der Waals surface area contributed by atoms with Crippen LogP contribution in [0, 0.1) is 13.8 Å². The van der Waals surface area contributed by atoms with Gasteiger partial charge in [-0.25, -0.2) is 5.43 Å². The van der Waals surface area contributed by atoms with Gasteiger partial charge in [0, 0.05) is 37.4 Å². The Morgan fingerprint density at radius 2 is 1.84 bits per heavy atom. The molecule has 0 radical (unpaired) electrons. The Kier molecular flexibility index (Phi) is 8.22. The second kappa shape index (κ2) is 11.1. The highest BCUT2D eigenvalue weighted by Gasteiger charge is 2.21. The van der Waals surface area contributed by atoms with Crippen molar-refractivity contribution in [1.29, 1.82) is 0 Å². The topological polar surface area (TPSA) is 88.7 Å². The molecule has 0 aromatic heterocycles. The number of aliphatic carboxylic acids is 1. The Hall–Kier alpha value is -2.68. The van der Waals surface area contributed by atoms with Gasteiger partial charge in [-0.3, -0.25) is 4.79 Å². The van der Waals surface area contributed by atoms with E-state index >= 15 is 0 Å². The Balaban J connectivity index is 1.58. The monoisotopic (exact) mass is 441 g/mol. The van der Waals surface area contributed by atoms with Crippen LogP contribution in [0.3, 0.4) is 0 Å². The molecule has 0 saturated carbocycles. The van der Waals surface area contributed by atoms with Crippen LogP contribution in [0.2, 0.25) is 0 Å². The number of nitrogens with zero attached hydrogens (tertiary/aromatic N) is 1. The highest BCUT2D eigenvalue weighted by molar-refractivity contribution is 7.80. The van der Waals surface area contributed by atoms with Gasteiger partial charge in [-0.15, -0.1) is 0 Å². The number of hydrazine groups is 2. The van der Waals surface area contributed by atoms with Crippen LogP contribution in [0.25, 0.3) is 0 Å². The highest BCUT2D eigenvalue weighted by atomic mass is 32.1. The van der Waals surface area contributed by atoms with Gasteiger partial charge in [-0.1, -0.05) is 42.5 Å². The number of anilines is 2. The van der Waals surface area contributed by atoms with E-state index in [0.717, 1.165) is 42.3 Å². The maximum Gasteiger partial charge on any atom is 0.303 e. The van der Waals surface area contributed by atoms with Crippen molar-refractivity contribution < 1.29 is 9.90 Å². The van der Waals surface area contributed by atoms with Gasteiger partial charge in [0.1, 0.15) is 4.99 Å². The summed E-state index contributed by atoms with van der Waals surface area (Å²) in [6.07, 6.45) is 1.76. The van der Waals surface area contributed by atoms with Crippen LogP contribution in [-0.2, 0) is 4.79 Å². The van der Waals surface area contributed by atoms with Crippen molar-refractivity contribution in [2.24, 2.45) is 0 Å². The van der Waals surface area contributed by atoms with Crippen LogP contribution < -0.4 is 26.6 Å². The number of hydrogen-bond donors (Lipinski definition) is 5. The van der Waals surface area contributed by atoms with Crippen molar-refractivity contribution in [3.05, 3.63) is 59.2 Å². The summed E-state index contributed by atoms with van der Waals surface area (Å²) in [6.45, 7) is 6.64. The number of benzene rings is 2. The molecule has 1 aliphatic heterocycles. The SMILES string of the molecule is Cc1cccc(C)c1N(CCCNc1cccc(C2NNNC2=S)c1)CCCC(=O)O. The van der Waals surface area contributed by atoms with Crippen LogP contribution in [-0.4, -0.2) is 35.7 Å². The molecule has 2 aromatic carbocycles. The molecule has 3 rings (SSSR count). The molecule has 7 nitrogen and oxygen atoms in total. The lowest BCUT2D eigenvalue weighted by Crippen LogP contribution is -2.31. The fourth-order valence-corrected chi connectivity index (χ4v) is 4.18. The molecular weight excluding hydrogens is 410 g/mol. The number of rotatable bonds is 11. The first-order chi connectivity index (χ1) is 15.0. The van der Waals surface area contributed by atoms with E-state index in [1.807, 2.05) is 6.07 Å². The van der Waals surface area contributed by atoms with Gasteiger partial charge in [0.05, 0.1) is 6.04 Å². The Labute approximate surface area is 189 Å². The van der Waals surface area contributed by atoms with Crippen molar-refractivity contribution >= 4 is 34.6 Å². The lowest BCUT2D eigenvalue weighted by Gasteiger charge is -2.28. The molecule has 1 atom stereocenters. The second-order valence-corrected chi connectivity index (χ2v) is 8.26. The Bertz CT molecular complexity index is 900. The molecule has 5 N–H and O–H groups in total. The molecular formula is C23H31N5O2S. The number of carbonyl (C=O) groups is 1. The quantitative estimate of drug-likeness (QED) is 0.268. The zero-order valence-electron chi connectivity index (χ0n) is 18.1. The molecule has 1 unspecified atom stereocenters. The maximum absolute atomic E-state index is 11.0. The smallest absolute Gasteiger partial charge is 0.303 e. The van der Waals surface area contributed by atoms with Gasteiger partial charge in [0.25, 0.3) is 0 Å². The first-order valence-electron chi connectivity index (χ1n) is 10.6. The molecule has 31 heavy (non-hydrogen) atoms. The molecule has 166 valence electrons. The average molecular weight is 442 g/mol. The Morgan fingerprint density at radius 1 is 1.13 bits per heavy atom. The lowest BCUT2D eigenvalue weighted by molar-refractivity contribution is -0.137. The number of thiocarbonyl (C=S) groups is 1. The molecule has 8 heteroatoms. The van der Waals surface area contributed by atoms with Gasteiger partial charge < -0.3 is 20.7 Å². The highest BCUT2D eigenvalue weighted by Crippen LogP contribution is 2.25. The number of aryl methyl sites for hydroxylation is 2. The molecule has 0 amide bonds. The minimum atomic E-state index is -0.746. The zero-order chi connectivity index (χ0) is 22.2. The summed E-state index contributed by atoms with van der Waals surface area (Å²) in [6, 6.07) is 14.5. The van der Waals surface area contributed by atoms with E-state index < -0.39 is 5.97 Å². The maximum atomic E-state index is 11.0. The van der Waals surface area contributed by atoms with Crippen molar-refractivity contribution in [1.82, 2.24) is 16.4 Å². The zero-order valence-corrected chi connectivity index (χ0v) is 18.9. The minimum Gasteiger partial charge on any atom is -0.481 e. The summed E-state index contributed by atoms with van der Waals surface area (Å²) in [4.78, 5) is 14.0. The molecule has 1 heterocycles. The average Bonchev–Trinajstić information content (AvgIpc) is 3.16. The summed E-state index contributed by atoms with van der Waals surface area (Å²) >= 11 is 5.32. The first-order valence-corrected chi connectivity index (χ1v) is 11.0. The molecule has 2 aromatic rings. The second-order valence-electron chi connectivity index (χ2n) is 7.82. The van der Waals surface area contributed by atoms with Gasteiger partial charge in [-0.2, -0.15) is 5.53 Å². The Morgan fingerprint density at radius 3 is 2.52 bits per heavy atom. The third-order valence-electron chi connectivity index (χ3n) is 5.39. The largest absolute Gasteiger partial charge is 0.481 e. The van der Waals surface area contributed by atoms with Crippen molar-refractivity contribution in [2.75, 3.05) is 29.9 Å². The van der Waals surface area contributed by atoms with Gasteiger partial charge in [-0.05, 0) is 55.5 Å². The van der Waals surface area contributed by atoms with Crippen LogP contribution >= 0.6 is 12.2 Å². The van der Waals surface area contributed by atoms with Gasteiger partial charge in [0.2, 0.25) is 0 Å². The van der Waals surface area contributed by atoms with Crippen molar-refractivity contribution in [3.8, 4) is 0 Å². The van der Waals surface area contributed by atoms with Crippen LogP contribution in [0.5, 0.6) is 0 Å². The van der Waals surface area contributed by atoms with Crippen molar-refractivity contribution in [2.45, 2.75) is 39.2 Å². The van der Waals surface area contributed by atoms with Crippen molar-refractivity contribution in [3.63, 3.8) is 0 Å². The summed E-state index contributed by atoms with van der Waals surface area (Å²) in [5.74, 6) is -0.746. The van der Waals surface area contributed by atoms with E-state index in [0.29, 0.717) is 6.42 Å². The molecule has 1 aliphatic rings. The predicted octanol–water partition coefficient (Wildman–Crippen LogP) is 3.46. The fraction of sp³-hybridized carbons (Fsp3) is 0.391.